The van der Waals surface area contributed by atoms with E-state index in [2.05, 4.69) is 44.1 Å². The molecular weight excluding hydrogens is 230 g/mol. The third kappa shape index (κ3) is 3.17. The SMILES string of the molecule is CN(C)c1ccc(/C=N/N(C)C2NNNN2)cc1. The van der Waals surface area contributed by atoms with Crippen LogP contribution in [-0.2, 0) is 0 Å². The molecule has 4 N–H and O–H groups in total. The number of rotatable bonds is 4. The fraction of sp³-hybridized carbons (Fsp3) is 0.364. The zero-order valence-corrected chi connectivity index (χ0v) is 10.8. The summed E-state index contributed by atoms with van der Waals surface area (Å²) in [6, 6.07) is 8.21. The van der Waals surface area contributed by atoms with Gasteiger partial charge in [-0.25, -0.2) is 10.9 Å². The lowest BCUT2D eigenvalue weighted by Crippen LogP contribution is -2.45. The lowest BCUT2D eigenvalue weighted by molar-refractivity contribution is 0.205. The van der Waals surface area contributed by atoms with Crippen LogP contribution in [0.2, 0.25) is 0 Å². The Morgan fingerprint density at radius 2 is 1.67 bits per heavy atom. The summed E-state index contributed by atoms with van der Waals surface area (Å²) in [5.41, 5.74) is 13.6. The van der Waals surface area contributed by atoms with E-state index < -0.39 is 0 Å². The lowest BCUT2D eigenvalue weighted by Gasteiger charge is -2.19. The Kier molecular flexibility index (Phi) is 4.11. The Labute approximate surface area is 107 Å². The van der Waals surface area contributed by atoms with Gasteiger partial charge in [-0.05, 0) is 17.7 Å². The smallest absolute Gasteiger partial charge is 0.177 e. The fourth-order valence-corrected chi connectivity index (χ4v) is 1.51. The summed E-state index contributed by atoms with van der Waals surface area (Å²) in [5, 5.41) is 6.11. The number of hydrazine groups is 3. The van der Waals surface area contributed by atoms with Crippen molar-refractivity contribution in [3.05, 3.63) is 29.8 Å². The van der Waals surface area contributed by atoms with Crippen molar-refractivity contribution in [2.24, 2.45) is 5.10 Å². The monoisotopic (exact) mass is 249 g/mol. The maximum Gasteiger partial charge on any atom is 0.177 e. The predicted molar refractivity (Wildman–Crippen MR) is 72.5 cm³/mol. The Bertz CT molecular complexity index is 394. The molecule has 1 saturated heterocycles. The molecule has 0 spiro atoms. The molecule has 0 bridgehead atoms. The van der Waals surface area contributed by atoms with Gasteiger partial charge in [0.1, 0.15) is 0 Å². The second kappa shape index (κ2) is 5.78. The zero-order chi connectivity index (χ0) is 13.0. The van der Waals surface area contributed by atoms with Crippen molar-refractivity contribution in [3.8, 4) is 0 Å². The normalized spacial score (nSPS) is 16.4. The van der Waals surface area contributed by atoms with Gasteiger partial charge in [0.2, 0.25) is 0 Å². The third-order valence-electron chi connectivity index (χ3n) is 2.65. The second-order valence-corrected chi connectivity index (χ2v) is 4.25. The van der Waals surface area contributed by atoms with Gasteiger partial charge >= 0.3 is 0 Å². The van der Waals surface area contributed by atoms with Gasteiger partial charge in [-0.3, -0.25) is 5.01 Å². The van der Waals surface area contributed by atoms with Gasteiger partial charge in [-0.1, -0.05) is 12.1 Å². The fourth-order valence-electron chi connectivity index (χ4n) is 1.51. The van der Waals surface area contributed by atoms with Crippen LogP contribution in [-0.4, -0.2) is 38.7 Å². The first-order valence-corrected chi connectivity index (χ1v) is 5.72. The number of nitrogens with one attached hydrogen (secondary N) is 4. The Balaban J connectivity index is 1.95. The van der Waals surface area contributed by atoms with E-state index in [1.54, 1.807) is 5.01 Å². The Hall–Kier alpha value is -1.67. The number of benzene rings is 1. The van der Waals surface area contributed by atoms with E-state index in [4.69, 9.17) is 0 Å². The molecule has 0 atom stereocenters. The average molecular weight is 249 g/mol. The standard InChI is InChI=1S/C11H19N7/c1-17(2)10-6-4-9(5-7-10)8-12-18(3)11-13-15-16-14-11/h4-8,11,13-16H,1-3H3/b12-8+. The van der Waals surface area contributed by atoms with Gasteiger partial charge in [0, 0.05) is 26.8 Å². The van der Waals surface area contributed by atoms with Gasteiger partial charge in [0.05, 0.1) is 6.21 Å². The Morgan fingerprint density at radius 1 is 1.06 bits per heavy atom. The van der Waals surface area contributed by atoms with Gasteiger partial charge < -0.3 is 4.90 Å². The minimum Gasteiger partial charge on any atom is -0.378 e. The number of hydrazone groups is 1. The predicted octanol–water partition coefficient (Wildman–Crippen LogP) is -0.581. The first-order valence-electron chi connectivity index (χ1n) is 5.72. The zero-order valence-electron chi connectivity index (χ0n) is 10.8. The van der Waals surface area contributed by atoms with Crippen LogP contribution in [0, 0.1) is 0 Å². The summed E-state index contributed by atoms with van der Waals surface area (Å²) in [6.45, 7) is 0. The van der Waals surface area contributed by atoms with Crippen molar-refractivity contribution >= 4 is 11.9 Å². The van der Waals surface area contributed by atoms with Crippen LogP contribution < -0.4 is 26.8 Å². The lowest BCUT2D eigenvalue weighted by atomic mass is 10.2. The van der Waals surface area contributed by atoms with Gasteiger partial charge in [-0.2, -0.15) is 16.2 Å². The van der Waals surface area contributed by atoms with E-state index in [-0.39, 0.29) is 6.29 Å². The molecule has 1 aromatic carbocycles. The first-order chi connectivity index (χ1) is 8.66. The van der Waals surface area contributed by atoms with Crippen LogP contribution in [0.15, 0.2) is 29.4 Å². The highest BCUT2D eigenvalue weighted by Crippen LogP contribution is 2.11. The summed E-state index contributed by atoms with van der Waals surface area (Å²) in [7, 11) is 5.92. The highest BCUT2D eigenvalue weighted by atomic mass is 15.9. The molecule has 0 aliphatic carbocycles. The molecule has 18 heavy (non-hydrogen) atoms. The van der Waals surface area contributed by atoms with Crippen LogP contribution in [0.5, 0.6) is 0 Å². The van der Waals surface area contributed by atoms with Crippen LogP contribution in [0.1, 0.15) is 5.56 Å². The molecule has 0 aromatic heterocycles. The van der Waals surface area contributed by atoms with Crippen molar-refractivity contribution in [2.75, 3.05) is 26.0 Å². The van der Waals surface area contributed by atoms with E-state index in [0.717, 1.165) is 5.56 Å². The molecule has 0 unspecified atom stereocenters. The van der Waals surface area contributed by atoms with E-state index in [1.165, 1.54) is 5.69 Å². The molecule has 0 saturated carbocycles. The minimum absolute atomic E-state index is 0.0812. The second-order valence-electron chi connectivity index (χ2n) is 4.25. The molecule has 1 fully saturated rings. The molecule has 0 radical (unpaired) electrons. The maximum atomic E-state index is 4.34. The van der Waals surface area contributed by atoms with Gasteiger partial charge in [-0.15, -0.1) is 0 Å². The average Bonchev–Trinajstić information content (AvgIpc) is 2.90. The molecule has 98 valence electrons. The summed E-state index contributed by atoms with van der Waals surface area (Å²) in [5.74, 6) is 0. The maximum absolute atomic E-state index is 4.34. The van der Waals surface area contributed by atoms with Crippen LogP contribution >= 0.6 is 0 Å². The molecular formula is C11H19N7. The summed E-state index contributed by atoms with van der Waals surface area (Å²) in [4.78, 5) is 2.07. The topological polar surface area (TPSA) is 67.0 Å². The first kappa shape index (κ1) is 12.8. The van der Waals surface area contributed by atoms with Crippen LogP contribution in [0.4, 0.5) is 5.69 Å². The van der Waals surface area contributed by atoms with E-state index in [1.807, 2.05) is 39.5 Å². The van der Waals surface area contributed by atoms with Crippen LogP contribution in [0.3, 0.4) is 0 Å². The van der Waals surface area contributed by atoms with E-state index >= 15 is 0 Å². The number of anilines is 1. The van der Waals surface area contributed by atoms with Gasteiger partial charge in [0.15, 0.2) is 6.29 Å². The Morgan fingerprint density at radius 3 is 2.22 bits per heavy atom. The molecule has 1 heterocycles. The largest absolute Gasteiger partial charge is 0.378 e. The van der Waals surface area contributed by atoms with E-state index in [0.29, 0.717) is 0 Å². The molecule has 7 heteroatoms. The van der Waals surface area contributed by atoms with E-state index in [9.17, 15) is 0 Å². The number of hydrogen-bond acceptors (Lipinski definition) is 7. The van der Waals surface area contributed by atoms with Crippen molar-refractivity contribution in [1.29, 1.82) is 0 Å². The van der Waals surface area contributed by atoms with Crippen molar-refractivity contribution in [1.82, 2.24) is 26.9 Å². The molecule has 7 nitrogen and oxygen atoms in total. The third-order valence-corrected chi connectivity index (χ3v) is 2.65. The molecule has 1 aliphatic heterocycles. The highest BCUT2D eigenvalue weighted by Gasteiger charge is 2.15. The van der Waals surface area contributed by atoms with Crippen molar-refractivity contribution in [3.63, 3.8) is 0 Å². The summed E-state index contributed by atoms with van der Waals surface area (Å²) in [6.07, 6.45) is 1.74. The van der Waals surface area contributed by atoms with Crippen LogP contribution in [0.25, 0.3) is 0 Å². The molecule has 2 rings (SSSR count). The highest BCUT2D eigenvalue weighted by molar-refractivity contribution is 5.80. The quantitative estimate of drug-likeness (QED) is 0.423. The summed E-state index contributed by atoms with van der Waals surface area (Å²) < 4.78 is 0. The molecule has 1 aliphatic rings. The molecule has 1 aromatic rings. The van der Waals surface area contributed by atoms with Gasteiger partial charge in [0.25, 0.3) is 0 Å². The molecule has 0 amide bonds. The minimum atomic E-state index is -0.0812. The van der Waals surface area contributed by atoms with Crippen molar-refractivity contribution in [2.45, 2.75) is 6.29 Å². The summed E-state index contributed by atoms with van der Waals surface area (Å²) >= 11 is 0. The number of nitrogens with zero attached hydrogens (tertiary/aromatic N) is 3. The van der Waals surface area contributed by atoms with Crippen molar-refractivity contribution < 1.29 is 0 Å². The number of hydrogen-bond donors (Lipinski definition) is 4.